The van der Waals surface area contributed by atoms with Crippen molar-refractivity contribution < 1.29 is 12.3 Å². The van der Waals surface area contributed by atoms with Crippen molar-refractivity contribution in [2.75, 3.05) is 13.6 Å². The van der Waals surface area contributed by atoms with Gasteiger partial charge in [0, 0.05) is 25.7 Å². The second-order valence-corrected chi connectivity index (χ2v) is 31.1. The molecule has 2 rings (SSSR count). The first-order valence-electron chi connectivity index (χ1n) is 14.7. The molecule has 2 aliphatic carbocycles. The lowest BCUT2D eigenvalue weighted by atomic mass is 9.95. The third-order valence-electron chi connectivity index (χ3n) is 6.54. The van der Waals surface area contributed by atoms with Crippen LogP contribution in [-0.2, 0) is 12.3 Å². The van der Waals surface area contributed by atoms with E-state index < -0.39 is 33.8 Å². The van der Waals surface area contributed by atoms with Crippen LogP contribution >= 0.6 is 0 Å². The fraction of sp³-hybridized carbons (Fsp3) is 0.962. The molecule has 1 N–H and O–H groups in total. The Morgan fingerprint density at radius 3 is 1.61 bits per heavy atom. The molecule has 0 aromatic rings. The highest BCUT2D eigenvalue weighted by Gasteiger charge is 2.49. The van der Waals surface area contributed by atoms with E-state index in [0.29, 0.717) is 12.1 Å². The van der Waals surface area contributed by atoms with Crippen LogP contribution in [0.1, 0.15) is 70.6 Å². The number of nitrogens with zero attached hydrogens (tertiary/aromatic N) is 2. The molecule has 0 amide bonds. The van der Waals surface area contributed by atoms with E-state index in [-0.39, 0.29) is 0 Å². The van der Waals surface area contributed by atoms with Gasteiger partial charge in [0.1, 0.15) is 0 Å². The van der Waals surface area contributed by atoms with E-state index >= 15 is 0 Å². The molecule has 0 aromatic carbocycles. The first-order chi connectivity index (χ1) is 16.6. The second kappa shape index (κ2) is 13.9. The molecular formula is C26H59N3O3Si4. The molecular weight excluding hydrogens is 515 g/mol. The summed E-state index contributed by atoms with van der Waals surface area (Å²) < 4.78 is 20.7. The van der Waals surface area contributed by atoms with Gasteiger partial charge in [-0.05, 0) is 91.0 Å². The van der Waals surface area contributed by atoms with Gasteiger partial charge in [-0.25, -0.2) is 4.99 Å². The van der Waals surface area contributed by atoms with E-state index in [9.17, 15) is 0 Å². The second-order valence-electron chi connectivity index (χ2n) is 14.1. The highest BCUT2D eigenvalue weighted by Crippen LogP contribution is 2.30. The van der Waals surface area contributed by atoms with Crippen LogP contribution in [0.2, 0.25) is 65.0 Å². The zero-order valence-electron chi connectivity index (χ0n) is 25.5. The molecule has 2 fully saturated rings. The Balaban J connectivity index is 2.16. The van der Waals surface area contributed by atoms with Gasteiger partial charge in [-0.3, -0.25) is 0 Å². The van der Waals surface area contributed by atoms with Crippen molar-refractivity contribution >= 4 is 39.7 Å². The third kappa shape index (κ3) is 13.2. The Bertz CT molecular complexity index is 637. The molecule has 0 radical (unpaired) electrons. The number of hydrogen-bond donors (Lipinski definition) is 1. The lowest BCUT2D eigenvalue weighted by Gasteiger charge is -2.43. The van der Waals surface area contributed by atoms with Crippen LogP contribution < -0.4 is 5.32 Å². The lowest BCUT2D eigenvalue weighted by Crippen LogP contribution is -2.60. The Hall–Kier alpha value is 0.0175. The van der Waals surface area contributed by atoms with Gasteiger partial charge in [0.25, 0.3) is 0 Å². The van der Waals surface area contributed by atoms with E-state index in [1.54, 1.807) is 0 Å². The Morgan fingerprint density at radius 1 is 0.722 bits per heavy atom. The minimum absolute atomic E-state index is 0.474. The SMILES string of the molecule is CN(CCC[Si](O[Si](C)(C)C)(O[Si](C)(C)C)O[Si](C)(C)C)C(=NC1CCCCC1)NC1CCCCC1. The van der Waals surface area contributed by atoms with Gasteiger partial charge in [0.15, 0.2) is 30.9 Å². The molecule has 0 saturated heterocycles. The Labute approximate surface area is 228 Å². The van der Waals surface area contributed by atoms with Crippen molar-refractivity contribution in [1.82, 2.24) is 10.2 Å². The zero-order valence-corrected chi connectivity index (χ0v) is 29.5. The third-order valence-corrected chi connectivity index (χ3v) is 18.6. The molecule has 0 spiro atoms. The molecule has 6 nitrogen and oxygen atoms in total. The summed E-state index contributed by atoms with van der Waals surface area (Å²) in [6.45, 7) is 21.4. The normalized spacial score (nSPS) is 20.0. The number of aliphatic imine (C=N–C) groups is 1. The number of guanidine groups is 1. The molecule has 0 bridgehead atoms. The molecule has 36 heavy (non-hydrogen) atoms. The quantitative estimate of drug-likeness (QED) is 0.150. The predicted octanol–water partition coefficient (Wildman–Crippen LogP) is 7.41. The minimum Gasteiger partial charge on any atom is -0.417 e. The fourth-order valence-electron chi connectivity index (χ4n) is 5.31. The van der Waals surface area contributed by atoms with Crippen LogP contribution in [0, 0.1) is 0 Å². The van der Waals surface area contributed by atoms with Crippen molar-refractivity contribution in [1.29, 1.82) is 0 Å². The van der Waals surface area contributed by atoms with Crippen LogP contribution in [0.4, 0.5) is 0 Å². The maximum absolute atomic E-state index is 6.90. The molecule has 0 unspecified atom stereocenters. The van der Waals surface area contributed by atoms with Gasteiger partial charge in [-0.2, -0.15) is 0 Å². The largest absolute Gasteiger partial charge is 0.469 e. The summed E-state index contributed by atoms with van der Waals surface area (Å²) in [6.07, 6.45) is 14.1. The minimum atomic E-state index is -2.79. The Kier molecular flexibility index (Phi) is 12.4. The summed E-state index contributed by atoms with van der Waals surface area (Å²) in [5.74, 6) is 1.12. The smallest absolute Gasteiger partial charge is 0.417 e. The van der Waals surface area contributed by atoms with Crippen LogP contribution in [0.25, 0.3) is 0 Å². The Morgan fingerprint density at radius 2 is 1.17 bits per heavy atom. The summed E-state index contributed by atoms with van der Waals surface area (Å²) >= 11 is 0. The summed E-state index contributed by atoms with van der Waals surface area (Å²) in [5, 5.41) is 3.88. The van der Waals surface area contributed by atoms with Crippen molar-refractivity contribution in [3.8, 4) is 0 Å². The molecule has 2 aliphatic rings. The summed E-state index contributed by atoms with van der Waals surface area (Å²) in [7, 11) is -6.10. The highest BCUT2D eigenvalue weighted by atomic mass is 28.5. The highest BCUT2D eigenvalue weighted by molar-refractivity contribution is 6.90. The number of nitrogens with one attached hydrogen (secondary N) is 1. The lowest BCUT2D eigenvalue weighted by molar-refractivity contribution is 0.248. The van der Waals surface area contributed by atoms with Gasteiger partial charge in [0.2, 0.25) is 0 Å². The zero-order chi connectivity index (χ0) is 27.0. The van der Waals surface area contributed by atoms with Gasteiger partial charge in [-0.15, -0.1) is 0 Å². The first kappa shape index (κ1) is 32.2. The van der Waals surface area contributed by atoms with Crippen LogP contribution in [-0.4, -0.2) is 70.3 Å². The molecule has 2 saturated carbocycles. The molecule has 10 heteroatoms. The summed E-state index contributed by atoms with van der Waals surface area (Å²) in [6, 6.07) is 1.93. The molecule has 0 atom stereocenters. The summed E-state index contributed by atoms with van der Waals surface area (Å²) in [4.78, 5) is 7.67. The van der Waals surface area contributed by atoms with E-state index in [1.807, 2.05) is 0 Å². The molecule has 0 aliphatic heterocycles. The average molecular weight is 574 g/mol. The maximum atomic E-state index is 6.90. The van der Waals surface area contributed by atoms with Crippen molar-refractivity contribution in [2.45, 2.75) is 148 Å². The number of rotatable bonds is 12. The van der Waals surface area contributed by atoms with Gasteiger partial charge in [-0.1, -0.05) is 38.5 Å². The van der Waals surface area contributed by atoms with E-state index in [1.165, 1.54) is 64.2 Å². The summed E-state index contributed by atoms with van der Waals surface area (Å²) in [5.41, 5.74) is 0. The van der Waals surface area contributed by atoms with E-state index in [4.69, 9.17) is 17.3 Å². The molecule has 212 valence electrons. The van der Waals surface area contributed by atoms with Crippen LogP contribution in [0.15, 0.2) is 4.99 Å². The van der Waals surface area contributed by atoms with E-state index in [0.717, 1.165) is 25.0 Å². The van der Waals surface area contributed by atoms with Crippen molar-refractivity contribution in [3.63, 3.8) is 0 Å². The monoisotopic (exact) mass is 573 g/mol. The van der Waals surface area contributed by atoms with Gasteiger partial charge in [0.05, 0.1) is 6.04 Å². The van der Waals surface area contributed by atoms with Crippen molar-refractivity contribution in [2.24, 2.45) is 4.99 Å². The predicted molar refractivity (Wildman–Crippen MR) is 165 cm³/mol. The topological polar surface area (TPSA) is 55.3 Å². The number of hydrogen-bond acceptors (Lipinski definition) is 4. The van der Waals surface area contributed by atoms with Crippen molar-refractivity contribution in [3.05, 3.63) is 0 Å². The van der Waals surface area contributed by atoms with Gasteiger partial charge >= 0.3 is 8.80 Å². The molecule has 0 heterocycles. The van der Waals surface area contributed by atoms with Gasteiger partial charge < -0.3 is 22.6 Å². The van der Waals surface area contributed by atoms with E-state index in [2.05, 4.69) is 76.2 Å². The van der Waals surface area contributed by atoms with Crippen LogP contribution in [0.3, 0.4) is 0 Å². The first-order valence-corrected chi connectivity index (χ1v) is 26.9. The fourth-order valence-corrected chi connectivity index (χ4v) is 19.9. The molecule has 0 aromatic heterocycles. The maximum Gasteiger partial charge on any atom is 0.469 e. The standard InChI is InChI=1S/C26H59N3O3Si4/c1-29(26(27-24-18-13-11-14-19-24)28-25-20-15-12-16-21-25)22-17-23-36(30-33(2,3)4,31-34(5,6)7)32-35(8,9)10/h24-25H,11-23H2,1-10H3,(H,27,28). The van der Waals surface area contributed by atoms with Crippen LogP contribution in [0.5, 0.6) is 0 Å². The average Bonchev–Trinajstić information content (AvgIpc) is 2.70.